The monoisotopic (exact) mass is 544 g/mol. The van der Waals surface area contributed by atoms with Gasteiger partial charge in [-0.25, -0.2) is 4.98 Å². The molecule has 0 spiro atoms. The van der Waals surface area contributed by atoms with Crippen LogP contribution < -0.4 is 4.74 Å². The van der Waals surface area contributed by atoms with Crippen molar-refractivity contribution >= 4 is 29.0 Å². The Kier molecular flexibility index (Phi) is 7.30. The Labute approximate surface area is 239 Å². The number of hydrogen-bond donors (Lipinski definition) is 2. The highest BCUT2D eigenvalue weighted by Crippen LogP contribution is 2.34. The van der Waals surface area contributed by atoms with E-state index >= 15 is 0 Å². The number of methoxy groups -OCH3 is 1. The van der Waals surface area contributed by atoms with E-state index < -0.39 is 7.05 Å². The molecular weight excluding hydrogens is 511 g/mol. The molecule has 2 N–H and O–H groups in total. The number of benzene rings is 3. The van der Waals surface area contributed by atoms with Crippen LogP contribution in [0.4, 0.5) is 0 Å². The lowest BCUT2D eigenvalue weighted by atomic mass is 9.84. The zero-order valence-corrected chi connectivity index (χ0v) is 23.8. The van der Waals surface area contributed by atoms with E-state index in [-0.39, 0.29) is 0 Å². The lowest BCUT2D eigenvalue weighted by Gasteiger charge is -2.22. The third-order valence-corrected chi connectivity index (χ3v) is 7.79. The molecule has 0 bridgehead atoms. The molecule has 0 saturated carbocycles. The van der Waals surface area contributed by atoms with Gasteiger partial charge in [0.15, 0.2) is 5.82 Å². The van der Waals surface area contributed by atoms with Crippen molar-refractivity contribution in [1.82, 2.24) is 29.5 Å². The number of H-pyrrole nitrogens is 1. The van der Waals surface area contributed by atoms with Gasteiger partial charge in [0.25, 0.3) is 0 Å². The number of nitrogens with zero attached hydrogens (tertiary/aromatic N) is 5. The fraction of sp³-hybridized carbons (Fsp3) is 0.219. The normalized spacial score (nSPS) is 11.6. The summed E-state index contributed by atoms with van der Waals surface area (Å²) in [6.45, 7) is 7.97. The van der Waals surface area contributed by atoms with Crippen molar-refractivity contribution in [2.75, 3.05) is 13.7 Å². The molecule has 0 aliphatic heterocycles. The van der Waals surface area contributed by atoms with E-state index in [1.165, 1.54) is 0 Å². The number of rotatable bonds is 9. The van der Waals surface area contributed by atoms with E-state index in [0.717, 1.165) is 73.6 Å². The number of imidazole rings is 1. The molecule has 0 saturated heterocycles. The molecule has 0 amide bonds. The Morgan fingerprint density at radius 1 is 1.05 bits per heavy atom. The van der Waals surface area contributed by atoms with Gasteiger partial charge < -0.3 is 19.6 Å². The minimum Gasteiger partial charge on any atom is -0.497 e. The molecule has 0 aliphatic rings. The Morgan fingerprint density at radius 3 is 2.59 bits per heavy atom. The maximum atomic E-state index is 10.2. The molecule has 6 aromatic rings. The van der Waals surface area contributed by atoms with Crippen molar-refractivity contribution in [3.05, 3.63) is 95.8 Å². The molecule has 0 aliphatic carbocycles. The van der Waals surface area contributed by atoms with Gasteiger partial charge in [0.2, 0.25) is 0 Å². The Morgan fingerprint density at radius 2 is 1.85 bits per heavy atom. The molecule has 3 aromatic carbocycles. The average Bonchev–Trinajstić information content (AvgIpc) is 3.58. The SMILES string of the molecule is CCN(Cc1cncc(-c2ccc3c(c2)c(-c2nc4ccccc4[nH]2)nn3Cc2ccc(OC)cc2)c1C)B(C)O. The van der Waals surface area contributed by atoms with Gasteiger partial charge in [0, 0.05) is 29.9 Å². The van der Waals surface area contributed by atoms with Gasteiger partial charge in [-0.05, 0) is 78.9 Å². The molecule has 41 heavy (non-hydrogen) atoms. The van der Waals surface area contributed by atoms with E-state index in [1.807, 2.05) is 58.3 Å². The minimum atomic E-state index is -0.526. The summed E-state index contributed by atoms with van der Waals surface area (Å²) < 4.78 is 7.37. The van der Waals surface area contributed by atoms with Crippen LogP contribution in [0.15, 0.2) is 79.1 Å². The third-order valence-electron chi connectivity index (χ3n) is 7.79. The van der Waals surface area contributed by atoms with Gasteiger partial charge >= 0.3 is 7.05 Å². The van der Waals surface area contributed by atoms with Crippen molar-refractivity contribution in [1.29, 1.82) is 0 Å². The quantitative estimate of drug-likeness (QED) is 0.219. The number of fused-ring (bicyclic) bond motifs is 2. The van der Waals surface area contributed by atoms with Gasteiger partial charge in [-0.2, -0.15) is 5.10 Å². The molecule has 0 unspecified atom stereocenters. The summed E-state index contributed by atoms with van der Waals surface area (Å²) in [5.74, 6) is 1.56. The molecule has 3 heterocycles. The van der Waals surface area contributed by atoms with Crippen molar-refractivity contribution < 1.29 is 9.76 Å². The van der Waals surface area contributed by atoms with Crippen LogP contribution in [0.5, 0.6) is 5.75 Å². The van der Waals surface area contributed by atoms with E-state index in [1.54, 1.807) is 13.9 Å². The lowest BCUT2D eigenvalue weighted by Crippen LogP contribution is -2.36. The second kappa shape index (κ2) is 11.2. The predicted octanol–water partition coefficient (Wildman–Crippen LogP) is 5.94. The maximum Gasteiger partial charge on any atom is 0.376 e. The summed E-state index contributed by atoms with van der Waals surface area (Å²) in [5.41, 5.74) is 9.20. The highest BCUT2D eigenvalue weighted by Gasteiger charge is 2.20. The fourth-order valence-corrected chi connectivity index (χ4v) is 5.36. The minimum absolute atomic E-state index is 0.526. The van der Waals surface area contributed by atoms with Crippen LogP contribution in [-0.4, -0.2) is 55.3 Å². The van der Waals surface area contributed by atoms with Gasteiger partial charge in [-0.1, -0.05) is 37.3 Å². The predicted molar refractivity (Wildman–Crippen MR) is 165 cm³/mol. The summed E-state index contributed by atoms with van der Waals surface area (Å²) in [6, 6.07) is 22.6. The Bertz CT molecular complexity index is 1790. The van der Waals surface area contributed by atoms with Crippen LogP contribution in [-0.2, 0) is 13.1 Å². The molecule has 3 aromatic heterocycles. The highest BCUT2D eigenvalue weighted by atomic mass is 16.5. The van der Waals surface area contributed by atoms with E-state index in [0.29, 0.717) is 13.1 Å². The van der Waals surface area contributed by atoms with Crippen molar-refractivity contribution in [3.8, 4) is 28.4 Å². The molecule has 8 nitrogen and oxygen atoms in total. The standard InChI is InChI=1S/C32H33BN6O2/c1-5-38(33(3)40)20-24-17-34-18-27(21(24)2)23-12-15-30-26(16-23)31(32-35-28-8-6-7-9-29(28)36-32)37-39(30)19-22-10-13-25(41-4)14-11-22/h6-18,40H,5,19-20H2,1-4H3,(H,35,36). The number of aromatic nitrogens is 5. The largest absolute Gasteiger partial charge is 0.497 e. The first-order valence-electron chi connectivity index (χ1n) is 13.9. The zero-order valence-electron chi connectivity index (χ0n) is 23.8. The van der Waals surface area contributed by atoms with Gasteiger partial charge in [-0.15, -0.1) is 0 Å². The molecule has 0 radical (unpaired) electrons. The first kappa shape index (κ1) is 26.7. The summed E-state index contributed by atoms with van der Waals surface area (Å²) >= 11 is 0. The zero-order chi connectivity index (χ0) is 28.5. The molecule has 0 fully saturated rings. The first-order chi connectivity index (χ1) is 19.9. The Balaban J connectivity index is 1.46. The number of hydrogen-bond acceptors (Lipinski definition) is 6. The number of nitrogens with one attached hydrogen (secondary N) is 1. The smallest absolute Gasteiger partial charge is 0.376 e. The first-order valence-corrected chi connectivity index (χ1v) is 13.9. The number of pyridine rings is 1. The van der Waals surface area contributed by atoms with Crippen molar-refractivity contribution in [2.24, 2.45) is 0 Å². The maximum absolute atomic E-state index is 10.2. The summed E-state index contributed by atoms with van der Waals surface area (Å²) in [7, 11) is 1.15. The molecule has 9 heteroatoms. The number of para-hydroxylation sites is 2. The van der Waals surface area contributed by atoms with Crippen LogP contribution in [0.25, 0.3) is 44.6 Å². The second-order valence-electron chi connectivity index (χ2n) is 10.4. The highest BCUT2D eigenvalue weighted by molar-refractivity contribution is 6.45. The topological polar surface area (TPSA) is 92.1 Å². The average molecular weight is 544 g/mol. The van der Waals surface area contributed by atoms with E-state index in [2.05, 4.69) is 54.1 Å². The van der Waals surface area contributed by atoms with Crippen LogP contribution in [0, 0.1) is 6.92 Å². The molecular formula is C32H33BN6O2. The van der Waals surface area contributed by atoms with E-state index in [9.17, 15) is 5.02 Å². The van der Waals surface area contributed by atoms with Crippen LogP contribution in [0.3, 0.4) is 0 Å². The van der Waals surface area contributed by atoms with Gasteiger partial charge in [0.1, 0.15) is 11.4 Å². The molecule has 206 valence electrons. The summed E-state index contributed by atoms with van der Waals surface area (Å²) in [5, 5.41) is 16.3. The van der Waals surface area contributed by atoms with Crippen molar-refractivity contribution in [3.63, 3.8) is 0 Å². The summed E-state index contributed by atoms with van der Waals surface area (Å²) in [6.07, 6.45) is 3.82. The Hall–Kier alpha value is -4.47. The summed E-state index contributed by atoms with van der Waals surface area (Å²) in [4.78, 5) is 14.9. The van der Waals surface area contributed by atoms with Gasteiger partial charge in [0.05, 0.1) is 30.2 Å². The second-order valence-corrected chi connectivity index (χ2v) is 10.4. The fourth-order valence-electron chi connectivity index (χ4n) is 5.36. The van der Waals surface area contributed by atoms with Crippen molar-refractivity contribution in [2.45, 2.75) is 33.8 Å². The lowest BCUT2D eigenvalue weighted by molar-refractivity contribution is 0.373. The van der Waals surface area contributed by atoms with Crippen LogP contribution in [0.1, 0.15) is 23.6 Å². The number of aromatic amines is 1. The molecule has 0 atom stereocenters. The molecule has 6 rings (SSSR count). The third kappa shape index (κ3) is 5.22. The van der Waals surface area contributed by atoms with Crippen LogP contribution in [0.2, 0.25) is 6.82 Å². The number of ether oxygens (including phenoxy) is 1. The van der Waals surface area contributed by atoms with Gasteiger partial charge in [-0.3, -0.25) is 9.67 Å². The van der Waals surface area contributed by atoms with E-state index in [4.69, 9.17) is 14.8 Å². The van der Waals surface area contributed by atoms with Crippen LogP contribution >= 0.6 is 0 Å².